The van der Waals surface area contributed by atoms with Crippen LogP contribution in [0.2, 0.25) is 0 Å². The number of nitrogens with two attached hydrogens (primary N) is 1. The van der Waals surface area contributed by atoms with Gasteiger partial charge in [-0.25, -0.2) is 9.18 Å². The summed E-state index contributed by atoms with van der Waals surface area (Å²) in [5.74, 6) is -0.398. The first-order chi connectivity index (χ1) is 9.10. The summed E-state index contributed by atoms with van der Waals surface area (Å²) in [6.45, 7) is 2.48. The number of urea groups is 1. The van der Waals surface area contributed by atoms with Crippen LogP contribution in [0.4, 0.5) is 14.9 Å². The highest BCUT2D eigenvalue weighted by Crippen LogP contribution is 2.22. The minimum absolute atomic E-state index is 0.0433. The van der Waals surface area contributed by atoms with Crippen LogP contribution < -0.4 is 16.4 Å². The van der Waals surface area contributed by atoms with E-state index in [2.05, 4.69) is 10.6 Å². The van der Waals surface area contributed by atoms with Crippen LogP contribution in [0.25, 0.3) is 0 Å². The van der Waals surface area contributed by atoms with E-state index in [4.69, 9.17) is 10.5 Å². The molecule has 0 saturated heterocycles. The lowest BCUT2D eigenvalue weighted by Gasteiger charge is -2.42. The molecule has 4 N–H and O–H groups in total. The molecule has 1 aliphatic carbocycles. The van der Waals surface area contributed by atoms with Gasteiger partial charge in [0, 0.05) is 18.3 Å². The highest BCUT2D eigenvalue weighted by atomic mass is 19.1. The van der Waals surface area contributed by atoms with Gasteiger partial charge in [0.2, 0.25) is 0 Å². The molecule has 0 spiro atoms. The van der Waals surface area contributed by atoms with Crippen molar-refractivity contribution < 1.29 is 13.9 Å². The second kappa shape index (κ2) is 5.99. The molecule has 1 aromatic rings. The van der Waals surface area contributed by atoms with E-state index in [1.165, 1.54) is 18.2 Å². The number of ether oxygens (including phenoxy) is 1. The van der Waals surface area contributed by atoms with Crippen molar-refractivity contribution >= 4 is 11.7 Å². The first kappa shape index (κ1) is 13.8. The van der Waals surface area contributed by atoms with Crippen LogP contribution in [-0.4, -0.2) is 30.8 Å². The molecule has 2 rings (SSSR count). The lowest BCUT2D eigenvalue weighted by molar-refractivity contribution is -0.0277. The fourth-order valence-corrected chi connectivity index (χ4v) is 2.11. The molecule has 1 aliphatic rings. The lowest BCUT2D eigenvalue weighted by Crippen LogP contribution is -2.65. The van der Waals surface area contributed by atoms with E-state index in [0.717, 1.165) is 6.42 Å². The van der Waals surface area contributed by atoms with Crippen LogP contribution >= 0.6 is 0 Å². The van der Waals surface area contributed by atoms with Crippen molar-refractivity contribution in [1.82, 2.24) is 5.32 Å². The Morgan fingerprint density at radius 3 is 3.00 bits per heavy atom. The van der Waals surface area contributed by atoms with Gasteiger partial charge in [0.05, 0.1) is 12.1 Å². The van der Waals surface area contributed by atoms with Crippen LogP contribution in [0.3, 0.4) is 0 Å². The van der Waals surface area contributed by atoms with Gasteiger partial charge in [0.15, 0.2) is 0 Å². The summed E-state index contributed by atoms with van der Waals surface area (Å²) < 4.78 is 18.4. The smallest absolute Gasteiger partial charge is 0.319 e. The Morgan fingerprint density at radius 2 is 2.37 bits per heavy atom. The van der Waals surface area contributed by atoms with Crippen molar-refractivity contribution in [3.63, 3.8) is 0 Å². The third kappa shape index (κ3) is 3.42. The number of amides is 2. The van der Waals surface area contributed by atoms with Gasteiger partial charge in [-0.3, -0.25) is 0 Å². The Balaban J connectivity index is 1.87. The molecular formula is C13H18FN3O2. The van der Waals surface area contributed by atoms with E-state index < -0.39 is 11.8 Å². The fourth-order valence-electron chi connectivity index (χ4n) is 2.11. The number of carbonyl (C=O) groups excluding carboxylic acids is 1. The molecule has 0 aromatic heterocycles. The third-order valence-electron chi connectivity index (χ3n) is 3.13. The molecule has 6 heteroatoms. The maximum absolute atomic E-state index is 13.0. The molecule has 104 valence electrons. The van der Waals surface area contributed by atoms with Gasteiger partial charge in [-0.05, 0) is 31.5 Å². The summed E-state index contributed by atoms with van der Waals surface area (Å²) in [5, 5.41) is 5.31. The molecule has 19 heavy (non-hydrogen) atoms. The van der Waals surface area contributed by atoms with E-state index in [1.807, 2.05) is 6.92 Å². The van der Waals surface area contributed by atoms with Gasteiger partial charge in [0.25, 0.3) is 0 Å². The number of halogens is 1. The SMILES string of the molecule is CCOC1CC(N)C1NC(=O)Nc1cccc(F)c1. The molecule has 1 saturated carbocycles. The molecule has 1 fully saturated rings. The second-order valence-electron chi connectivity index (χ2n) is 4.53. The maximum atomic E-state index is 13.0. The number of hydrogen-bond acceptors (Lipinski definition) is 3. The summed E-state index contributed by atoms with van der Waals surface area (Å²) in [4.78, 5) is 11.8. The van der Waals surface area contributed by atoms with Crippen molar-refractivity contribution in [2.75, 3.05) is 11.9 Å². The predicted molar refractivity (Wildman–Crippen MR) is 70.3 cm³/mol. The van der Waals surface area contributed by atoms with Gasteiger partial charge in [0.1, 0.15) is 5.82 Å². The number of hydrogen-bond donors (Lipinski definition) is 3. The Morgan fingerprint density at radius 1 is 1.58 bits per heavy atom. The van der Waals surface area contributed by atoms with Crippen molar-refractivity contribution in [1.29, 1.82) is 0 Å². The molecule has 0 heterocycles. The summed E-state index contributed by atoms with van der Waals surface area (Å²) in [6.07, 6.45) is 0.692. The normalized spacial score (nSPS) is 25.5. The Bertz CT molecular complexity index is 453. The monoisotopic (exact) mass is 267 g/mol. The van der Waals surface area contributed by atoms with Crippen LogP contribution in [0, 0.1) is 5.82 Å². The number of nitrogens with one attached hydrogen (secondary N) is 2. The zero-order valence-electron chi connectivity index (χ0n) is 10.7. The fraction of sp³-hybridized carbons (Fsp3) is 0.462. The first-order valence-corrected chi connectivity index (χ1v) is 6.30. The van der Waals surface area contributed by atoms with Crippen LogP contribution in [0.5, 0.6) is 0 Å². The van der Waals surface area contributed by atoms with Crippen molar-refractivity contribution in [3.05, 3.63) is 30.1 Å². The van der Waals surface area contributed by atoms with E-state index >= 15 is 0 Å². The summed E-state index contributed by atoms with van der Waals surface area (Å²) >= 11 is 0. The maximum Gasteiger partial charge on any atom is 0.319 e. The Labute approximate surface area is 111 Å². The lowest BCUT2D eigenvalue weighted by atomic mass is 9.83. The molecule has 0 bridgehead atoms. The topological polar surface area (TPSA) is 76.4 Å². The zero-order chi connectivity index (χ0) is 13.8. The standard InChI is InChI=1S/C13H18FN3O2/c1-2-19-11-7-10(15)12(11)17-13(18)16-9-5-3-4-8(14)6-9/h3-6,10-12H,2,7,15H2,1H3,(H2,16,17,18). The van der Waals surface area contributed by atoms with Gasteiger partial charge < -0.3 is 21.1 Å². The zero-order valence-corrected chi connectivity index (χ0v) is 10.7. The molecule has 3 atom stereocenters. The van der Waals surface area contributed by atoms with Gasteiger partial charge in [-0.2, -0.15) is 0 Å². The van der Waals surface area contributed by atoms with Crippen LogP contribution in [-0.2, 0) is 4.74 Å². The predicted octanol–water partition coefficient (Wildman–Crippen LogP) is 1.45. The summed E-state index contributed by atoms with van der Waals surface area (Å²) in [7, 11) is 0. The first-order valence-electron chi connectivity index (χ1n) is 6.30. The van der Waals surface area contributed by atoms with Gasteiger partial charge >= 0.3 is 6.03 Å². The summed E-state index contributed by atoms with van der Waals surface area (Å²) in [6, 6.07) is 5.00. The molecular weight excluding hydrogens is 249 g/mol. The number of rotatable bonds is 4. The molecule has 0 aliphatic heterocycles. The average Bonchev–Trinajstić information content (AvgIpc) is 2.36. The molecule has 1 aromatic carbocycles. The number of benzene rings is 1. The number of anilines is 1. The molecule has 2 amide bonds. The van der Waals surface area contributed by atoms with Crippen molar-refractivity contribution in [2.24, 2.45) is 5.73 Å². The Kier molecular flexibility index (Phi) is 4.34. The summed E-state index contributed by atoms with van der Waals surface area (Å²) in [5.41, 5.74) is 6.23. The highest BCUT2D eigenvalue weighted by molar-refractivity contribution is 5.89. The second-order valence-corrected chi connectivity index (χ2v) is 4.53. The highest BCUT2D eigenvalue weighted by Gasteiger charge is 2.40. The molecule has 5 nitrogen and oxygen atoms in total. The number of carbonyl (C=O) groups is 1. The van der Waals surface area contributed by atoms with E-state index in [1.54, 1.807) is 6.07 Å². The third-order valence-corrected chi connectivity index (χ3v) is 3.13. The molecule has 3 unspecified atom stereocenters. The quantitative estimate of drug-likeness (QED) is 0.773. The average molecular weight is 267 g/mol. The van der Waals surface area contributed by atoms with Crippen LogP contribution in [0.1, 0.15) is 13.3 Å². The van der Waals surface area contributed by atoms with Crippen molar-refractivity contribution in [2.45, 2.75) is 31.5 Å². The Hall–Kier alpha value is -1.66. The minimum Gasteiger partial charge on any atom is -0.376 e. The van der Waals surface area contributed by atoms with Gasteiger partial charge in [-0.15, -0.1) is 0 Å². The van der Waals surface area contributed by atoms with E-state index in [0.29, 0.717) is 12.3 Å². The van der Waals surface area contributed by atoms with Crippen LogP contribution in [0.15, 0.2) is 24.3 Å². The van der Waals surface area contributed by atoms with Gasteiger partial charge in [-0.1, -0.05) is 6.07 Å². The van der Waals surface area contributed by atoms with E-state index in [9.17, 15) is 9.18 Å². The largest absolute Gasteiger partial charge is 0.376 e. The van der Waals surface area contributed by atoms with Crippen molar-refractivity contribution in [3.8, 4) is 0 Å². The molecule has 0 radical (unpaired) electrons. The minimum atomic E-state index is -0.407. The van der Waals surface area contributed by atoms with E-state index in [-0.39, 0.29) is 18.2 Å².